The molecule has 1 aromatic heterocycles. The van der Waals surface area contributed by atoms with Crippen LogP contribution in [0.3, 0.4) is 0 Å². The number of amides is 1. The third kappa shape index (κ3) is 3.45. The summed E-state index contributed by atoms with van der Waals surface area (Å²) in [6, 6.07) is 15.2. The van der Waals surface area contributed by atoms with E-state index in [0.29, 0.717) is 30.6 Å². The van der Waals surface area contributed by atoms with Gasteiger partial charge in [-0.2, -0.15) is 0 Å². The largest absolute Gasteiger partial charge is 0.486 e. The Morgan fingerprint density at radius 1 is 1.04 bits per heavy atom. The molecule has 0 fully saturated rings. The molecule has 2 aromatic carbocycles. The van der Waals surface area contributed by atoms with Crippen LogP contribution in [0.25, 0.3) is 11.5 Å². The highest BCUT2D eigenvalue weighted by Crippen LogP contribution is 2.34. The first kappa shape index (κ1) is 18.1. The smallest absolute Gasteiger partial charge is 0.274 e. The molecule has 1 amide bonds. The normalized spacial score (nSPS) is 13.2. The summed E-state index contributed by atoms with van der Waals surface area (Å²) in [5.41, 5.74) is 1.39. The van der Waals surface area contributed by atoms with E-state index in [2.05, 4.69) is 10.3 Å². The van der Waals surface area contributed by atoms with Crippen LogP contribution >= 0.6 is 0 Å². The Morgan fingerprint density at radius 3 is 2.50 bits per heavy atom. The highest BCUT2D eigenvalue weighted by Gasteiger charge is 2.28. The number of carbonyl (C=O) groups excluding carboxylic acids is 1. The summed E-state index contributed by atoms with van der Waals surface area (Å²) in [5, 5.41) is 3.04. The van der Waals surface area contributed by atoms with Gasteiger partial charge >= 0.3 is 0 Å². The molecular weight excluding hydrogens is 356 g/mol. The van der Waals surface area contributed by atoms with Crippen LogP contribution in [-0.4, -0.2) is 24.1 Å². The number of carbonyl (C=O) groups is 1. The summed E-state index contributed by atoms with van der Waals surface area (Å²) in [6.45, 7) is 6.67. The molecule has 1 N–H and O–H groups in total. The summed E-state index contributed by atoms with van der Waals surface area (Å²) in [7, 11) is 0. The zero-order chi connectivity index (χ0) is 19.7. The number of nitrogens with zero attached hydrogens (tertiary/aromatic N) is 1. The van der Waals surface area contributed by atoms with Crippen LogP contribution in [0, 0.1) is 6.92 Å². The molecular formula is C22H22N2O4. The number of nitrogens with one attached hydrogen (secondary N) is 1. The van der Waals surface area contributed by atoms with Gasteiger partial charge in [-0.15, -0.1) is 0 Å². The van der Waals surface area contributed by atoms with Gasteiger partial charge in [-0.05, 0) is 50.6 Å². The predicted octanol–water partition coefficient (Wildman–Crippen LogP) is 4.09. The fraction of sp³-hybridized carbons (Fsp3) is 0.273. The second-order valence-electron chi connectivity index (χ2n) is 7.23. The molecule has 0 radical (unpaired) electrons. The second kappa shape index (κ2) is 7.03. The van der Waals surface area contributed by atoms with E-state index in [1.807, 2.05) is 62.4 Å². The average molecular weight is 378 g/mol. The van der Waals surface area contributed by atoms with Crippen molar-refractivity contribution in [3.8, 4) is 23.0 Å². The first-order valence-electron chi connectivity index (χ1n) is 9.19. The predicted molar refractivity (Wildman–Crippen MR) is 105 cm³/mol. The lowest BCUT2D eigenvalue weighted by Gasteiger charge is -2.28. The first-order valence-corrected chi connectivity index (χ1v) is 9.19. The van der Waals surface area contributed by atoms with Crippen LogP contribution in [0.4, 0.5) is 0 Å². The summed E-state index contributed by atoms with van der Waals surface area (Å²) >= 11 is 0. The van der Waals surface area contributed by atoms with Gasteiger partial charge in [-0.25, -0.2) is 4.98 Å². The van der Waals surface area contributed by atoms with E-state index in [-0.39, 0.29) is 11.6 Å². The van der Waals surface area contributed by atoms with Crippen LogP contribution in [-0.2, 0) is 5.54 Å². The zero-order valence-corrected chi connectivity index (χ0v) is 16.1. The van der Waals surface area contributed by atoms with Gasteiger partial charge in [-0.3, -0.25) is 4.79 Å². The van der Waals surface area contributed by atoms with Gasteiger partial charge in [0.2, 0.25) is 5.89 Å². The van der Waals surface area contributed by atoms with Crippen molar-refractivity contribution in [1.82, 2.24) is 10.3 Å². The Hall–Kier alpha value is -3.28. The van der Waals surface area contributed by atoms with E-state index in [1.54, 1.807) is 6.92 Å². The minimum Gasteiger partial charge on any atom is -0.486 e. The minimum atomic E-state index is -0.634. The van der Waals surface area contributed by atoms with E-state index in [0.717, 1.165) is 16.9 Å². The average Bonchev–Trinajstić information content (AvgIpc) is 3.10. The number of hydrogen-bond donors (Lipinski definition) is 1. The molecule has 144 valence electrons. The van der Waals surface area contributed by atoms with Crippen molar-refractivity contribution in [1.29, 1.82) is 0 Å². The lowest BCUT2D eigenvalue weighted by Crippen LogP contribution is -2.41. The third-order valence-electron chi connectivity index (χ3n) is 4.72. The number of ether oxygens (including phenoxy) is 2. The van der Waals surface area contributed by atoms with Gasteiger partial charge < -0.3 is 19.2 Å². The Balaban J connectivity index is 1.57. The molecule has 4 rings (SSSR count). The summed E-state index contributed by atoms with van der Waals surface area (Å²) in [4.78, 5) is 17.3. The van der Waals surface area contributed by atoms with E-state index in [9.17, 15) is 4.79 Å². The Labute approximate surface area is 163 Å². The first-order chi connectivity index (χ1) is 13.4. The molecule has 2 heterocycles. The molecule has 1 aliphatic heterocycles. The van der Waals surface area contributed by atoms with Crippen LogP contribution in [0.15, 0.2) is 52.9 Å². The maximum atomic E-state index is 12.9. The van der Waals surface area contributed by atoms with E-state index >= 15 is 0 Å². The molecule has 0 spiro atoms. The standard InChI is InChI=1S/C22H22N2O4/c1-14-19(23-21(28-14)15-7-5-4-6-8-15)20(25)24-22(2,3)16-9-10-17-18(13-16)27-12-11-26-17/h4-10,13H,11-12H2,1-3H3,(H,24,25). The number of fused-ring (bicyclic) bond motifs is 1. The summed E-state index contributed by atoms with van der Waals surface area (Å²) < 4.78 is 16.9. The van der Waals surface area contributed by atoms with Crippen molar-refractivity contribution in [3.05, 3.63) is 65.5 Å². The van der Waals surface area contributed by atoms with Gasteiger partial charge in [-0.1, -0.05) is 24.3 Å². The minimum absolute atomic E-state index is 0.282. The fourth-order valence-corrected chi connectivity index (χ4v) is 3.16. The molecule has 6 heteroatoms. The van der Waals surface area contributed by atoms with Crippen molar-refractivity contribution in [2.24, 2.45) is 0 Å². The van der Waals surface area contributed by atoms with E-state index in [1.165, 1.54) is 0 Å². The molecule has 0 bridgehead atoms. The van der Waals surface area contributed by atoms with Gasteiger partial charge in [0.15, 0.2) is 17.2 Å². The number of hydrogen-bond acceptors (Lipinski definition) is 5. The van der Waals surface area contributed by atoms with Crippen LogP contribution in [0.1, 0.15) is 35.7 Å². The highest BCUT2D eigenvalue weighted by atomic mass is 16.6. The Morgan fingerprint density at radius 2 is 1.75 bits per heavy atom. The molecule has 0 saturated heterocycles. The number of benzene rings is 2. The van der Waals surface area contributed by atoms with E-state index in [4.69, 9.17) is 13.9 Å². The molecule has 0 saturated carbocycles. The van der Waals surface area contributed by atoms with Crippen molar-refractivity contribution in [2.45, 2.75) is 26.3 Å². The maximum absolute atomic E-state index is 12.9. The van der Waals surface area contributed by atoms with Crippen molar-refractivity contribution in [2.75, 3.05) is 13.2 Å². The van der Waals surface area contributed by atoms with Crippen LogP contribution in [0.2, 0.25) is 0 Å². The molecule has 0 unspecified atom stereocenters. The van der Waals surface area contributed by atoms with Crippen molar-refractivity contribution >= 4 is 5.91 Å². The Kier molecular flexibility index (Phi) is 4.55. The third-order valence-corrected chi connectivity index (χ3v) is 4.72. The van der Waals surface area contributed by atoms with Crippen molar-refractivity contribution < 1.29 is 18.7 Å². The molecule has 3 aromatic rings. The van der Waals surface area contributed by atoms with Crippen LogP contribution < -0.4 is 14.8 Å². The summed E-state index contributed by atoms with van der Waals surface area (Å²) in [5.74, 6) is 2.03. The molecule has 1 aliphatic rings. The summed E-state index contributed by atoms with van der Waals surface area (Å²) in [6.07, 6.45) is 0. The van der Waals surface area contributed by atoms with Gasteiger partial charge in [0, 0.05) is 5.56 Å². The number of aromatic nitrogens is 1. The van der Waals surface area contributed by atoms with Gasteiger partial charge in [0.1, 0.15) is 19.0 Å². The van der Waals surface area contributed by atoms with Gasteiger partial charge in [0.05, 0.1) is 5.54 Å². The van der Waals surface area contributed by atoms with Crippen LogP contribution in [0.5, 0.6) is 11.5 Å². The highest BCUT2D eigenvalue weighted by molar-refractivity contribution is 5.94. The number of oxazole rings is 1. The lowest BCUT2D eigenvalue weighted by molar-refractivity contribution is 0.0905. The molecule has 0 aliphatic carbocycles. The molecule has 28 heavy (non-hydrogen) atoms. The zero-order valence-electron chi connectivity index (χ0n) is 16.1. The number of aryl methyl sites for hydroxylation is 1. The quantitative estimate of drug-likeness (QED) is 0.740. The van der Waals surface area contributed by atoms with E-state index < -0.39 is 5.54 Å². The lowest BCUT2D eigenvalue weighted by atomic mass is 9.93. The second-order valence-corrected chi connectivity index (χ2v) is 7.23. The fourth-order valence-electron chi connectivity index (χ4n) is 3.16. The maximum Gasteiger partial charge on any atom is 0.274 e. The SMILES string of the molecule is Cc1oc(-c2ccccc2)nc1C(=O)NC(C)(C)c1ccc2c(c1)OCCO2. The van der Waals surface area contributed by atoms with Gasteiger partial charge in [0.25, 0.3) is 5.91 Å². The number of rotatable bonds is 4. The molecule has 0 atom stereocenters. The monoisotopic (exact) mass is 378 g/mol. The topological polar surface area (TPSA) is 73.6 Å². The van der Waals surface area contributed by atoms with Crippen molar-refractivity contribution in [3.63, 3.8) is 0 Å². The Bertz CT molecular complexity index is 1010. The molecule has 6 nitrogen and oxygen atoms in total.